The second-order valence-electron chi connectivity index (χ2n) is 6.80. The molecule has 0 saturated heterocycles. The number of nitrogens with zero attached hydrogens (tertiary/aromatic N) is 3. The number of fused-ring (bicyclic) bond motifs is 1. The van der Waals surface area contributed by atoms with Gasteiger partial charge in [-0.3, -0.25) is 9.78 Å². The molecule has 0 atom stereocenters. The average Bonchev–Trinajstić information content (AvgIpc) is 2.77. The zero-order valence-electron chi connectivity index (χ0n) is 16.1. The van der Waals surface area contributed by atoms with E-state index in [2.05, 4.69) is 15.0 Å². The molecule has 0 bridgehead atoms. The van der Waals surface area contributed by atoms with Crippen LogP contribution >= 0.6 is 11.6 Å². The molecule has 2 N–H and O–H groups in total. The normalized spacial score (nSPS) is 10.5. The minimum absolute atomic E-state index is 0. The van der Waals surface area contributed by atoms with Gasteiger partial charge in [0.15, 0.2) is 5.78 Å². The molecule has 0 aliphatic carbocycles. The van der Waals surface area contributed by atoms with Crippen molar-refractivity contribution in [2.75, 3.05) is 5.73 Å². The zero-order valence-corrected chi connectivity index (χ0v) is 16.8. The molecular weight excluding hydrogens is 412 g/mol. The van der Waals surface area contributed by atoms with Crippen molar-refractivity contribution in [2.45, 2.75) is 26.9 Å². The minimum atomic E-state index is -0.0324. The van der Waals surface area contributed by atoms with Crippen LogP contribution in [0, 0.1) is 0 Å². The Labute approximate surface area is 186 Å². The maximum Gasteiger partial charge on any atom is 0.232 e. The highest BCUT2D eigenvalue weighted by Crippen LogP contribution is 2.25. The van der Waals surface area contributed by atoms with Crippen molar-refractivity contribution in [1.29, 1.82) is 0 Å². The first kappa shape index (κ1) is 22.2. The van der Waals surface area contributed by atoms with E-state index in [0.717, 1.165) is 22.0 Å². The van der Waals surface area contributed by atoms with Crippen LogP contribution in [-0.2, 0) is 13.0 Å². The number of pyridine rings is 3. The molecule has 6 nitrogen and oxygen atoms in total. The number of nitrogens with two attached hydrogens (primary N) is 1. The van der Waals surface area contributed by atoms with Gasteiger partial charge in [0.25, 0.3) is 0 Å². The lowest BCUT2D eigenvalue weighted by Crippen LogP contribution is -2.04. The number of aryl methyl sites for hydroxylation is 1. The lowest BCUT2D eigenvalue weighted by atomic mass is 10.0. The van der Waals surface area contributed by atoms with Gasteiger partial charge in [0, 0.05) is 36.0 Å². The van der Waals surface area contributed by atoms with E-state index in [0.29, 0.717) is 29.2 Å². The van der Waals surface area contributed by atoms with Gasteiger partial charge in [-0.1, -0.05) is 43.3 Å². The van der Waals surface area contributed by atoms with Crippen LogP contribution in [0.25, 0.3) is 10.8 Å². The van der Waals surface area contributed by atoms with Crippen molar-refractivity contribution in [2.24, 2.45) is 0 Å². The number of hydrogen-bond acceptors (Lipinski definition) is 6. The lowest BCUT2D eigenvalue weighted by Gasteiger charge is -2.08. The first-order valence-corrected chi connectivity index (χ1v) is 9.82. The third-order valence-corrected chi connectivity index (χ3v) is 4.98. The number of halogens is 1. The van der Waals surface area contributed by atoms with Crippen LogP contribution in [0.2, 0.25) is 5.02 Å². The number of ether oxygens (including phenoxy) is 1. The molecule has 0 spiro atoms. The van der Waals surface area contributed by atoms with Crippen LogP contribution in [0.4, 0.5) is 5.82 Å². The van der Waals surface area contributed by atoms with Gasteiger partial charge in [-0.15, -0.1) is 0 Å². The molecule has 0 saturated carbocycles. The molecule has 7 heteroatoms. The quantitative estimate of drug-likeness (QED) is 0.397. The Bertz CT molecular complexity index is 1200. The van der Waals surface area contributed by atoms with Gasteiger partial charge in [0.1, 0.15) is 17.4 Å². The Morgan fingerprint density at radius 2 is 1.90 bits per heavy atom. The van der Waals surface area contributed by atoms with E-state index in [1.165, 1.54) is 6.20 Å². The summed E-state index contributed by atoms with van der Waals surface area (Å²) in [5.41, 5.74) is 8.16. The highest BCUT2D eigenvalue weighted by atomic mass is 35.5. The first-order chi connectivity index (χ1) is 14.6. The highest BCUT2D eigenvalue weighted by molar-refractivity contribution is 6.32. The monoisotopic (exact) mass is 434 g/mol. The summed E-state index contributed by atoms with van der Waals surface area (Å²) in [6, 6.07) is 15.0. The molecule has 0 fully saturated rings. The third-order valence-electron chi connectivity index (χ3n) is 4.71. The van der Waals surface area contributed by atoms with Gasteiger partial charge in [-0.05, 0) is 41.6 Å². The zero-order chi connectivity index (χ0) is 20.9. The van der Waals surface area contributed by atoms with Crippen molar-refractivity contribution in [3.63, 3.8) is 0 Å². The number of carbonyl (C=O) groups excluding carboxylic acids is 1. The Morgan fingerprint density at radius 1 is 1.03 bits per heavy atom. The second kappa shape index (κ2) is 10.00. The smallest absolute Gasteiger partial charge is 0.232 e. The molecule has 4 rings (SSSR count). The summed E-state index contributed by atoms with van der Waals surface area (Å²) in [6.07, 6.45) is 5.81. The molecule has 3 aromatic heterocycles. The SMILES string of the molecule is C.Nc1nccc2cc(CCC(=O)c3cnc(OCc4ccccn4)c(Cl)c3)ccc12. The summed E-state index contributed by atoms with van der Waals surface area (Å²) in [7, 11) is 0. The Balaban J connectivity index is 0.00000272. The van der Waals surface area contributed by atoms with Gasteiger partial charge in [0.05, 0.1) is 5.69 Å². The number of anilines is 1. The van der Waals surface area contributed by atoms with Crippen molar-refractivity contribution >= 4 is 34.0 Å². The maximum atomic E-state index is 12.6. The molecule has 0 radical (unpaired) electrons. The van der Waals surface area contributed by atoms with Crippen molar-refractivity contribution in [1.82, 2.24) is 15.0 Å². The Hall–Kier alpha value is -3.51. The number of aromatic nitrogens is 3. The number of hydrogen-bond donors (Lipinski definition) is 1. The minimum Gasteiger partial charge on any atom is -0.470 e. The molecule has 4 aromatic rings. The summed E-state index contributed by atoms with van der Waals surface area (Å²) in [5.74, 6) is 0.746. The third kappa shape index (κ3) is 5.35. The molecule has 31 heavy (non-hydrogen) atoms. The van der Waals surface area contributed by atoms with Gasteiger partial charge in [0.2, 0.25) is 5.88 Å². The summed E-state index contributed by atoms with van der Waals surface area (Å²) in [5, 5.41) is 2.21. The van der Waals surface area contributed by atoms with Crippen LogP contribution in [0.15, 0.2) is 67.1 Å². The molecular formula is C24H23ClN4O2. The van der Waals surface area contributed by atoms with E-state index in [9.17, 15) is 4.79 Å². The maximum absolute atomic E-state index is 12.6. The first-order valence-electron chi connectivity index (χ1n) is 9.45. The van der Waals surface area contributed by atoms with Gasteiger partial charge in [-0.2, -0.15) is 0 Å². The standard InChI is InChI=1S/C23H19ClN4O2.CH4/c24-20-12-17(13-28-23(20)30-14-18-3-1-2-9-26-18)21(29)7-5-15-4-6-19-16(11-15)8-10-27-22(19)25;/h1-4,6,8-13H,5,7,14H2,(H2,25,27);1H4. The summed E-state index contributed by atoms with van der Waals surface area (Å²) >= 11 is 6.26. The summed E-state index contributed by atoms with van der Waals surface area (Å²) in [4.78, 5) is 25.1. The Morgan fingerprint density at radius 3 is 2.68 bits per heavy atom. The van der Waals surface area contributed by atoms with Crippen LogP contribution in [0.1, 0.15) is 35.5 Å². The number of Topliss-reactive ketones (excluding diaryl/α,β-unsaturated/α-hetero) is 1. The fraction of sp³-hybridized carbons (Fsp3) is 0.167. The van der Waals surface area contributed by atoms with Crippen LogP contribution in [0.5, 0.6) is 5.88 Å². The highest BCUT2D eigenvalue weighted by Gasteiger charge is 2.12. The predicted molar refractivity (Wildman–Crippen MR) is 123 cm³/mol. The molecule has 0 aliphatic heterocycles. The molecule has 0 aliphatic rings. The van der Waals surface area contributed by atoms with Crippen LogP contribution < -0.4 is 10.5 Å². The largest absolute Gasteiger partial charge is 0.470 e. The number of nitrogen functional groups attached to an aromatic ring is 1. The van der Waals surface area contributed by atoms with E-state index in [1.54, 1.807) is 18.5 Å². The van der Waals surface area contributed by atoms with Crippen LogP contribution in [-0.4, -0.2) is 20.7 Å². The number of benzene rings is 1. The predicted octanol–water partition coefficient (Wildman–Crippen LogP) is 5.29. The summed E-state index contributed by atoms with van der Waals surface area (Å²) in [6.45, 7) is 0.253. The van der Waals surface area contributed by atoms with Crippen molar-refractivity contribution in [3.05, 3.63) is 89.0 Å². The Kier molecular flexibility index (Phi) is 7.15. The van der Waals surface area contributed by atoms with Gasteiger partial charge >= 0.3 is 0 Å². The fourth-order valence-electron chi connectivity index (χ4n) is 3.12. The van der Waals surface area contributed by atoms with Gasteiger partial charge < -0.3 is 10.5 Å². The van der Waals surface area contributed by atoms with Gasteiger partial charge in [-0.25, -0.2) is 9.97 Å². The lowest BCUT2D eigenvalue weighted by molar-refractivity contribution is 0.0982. The summed E-state index contributed by atoms with van der Waals surface area (Å²) < 4.78 is 5.61. The topological polar surface area (TPSA) is 91.0 Å². The number of ketones is 1. The molecule has 158 valence electrons. The van der Waals surface area contributed by atoms with Crippen LogP contribution in [0.3, 0.4) is 0 Å². The number of rotatable bonds is 7. The number of carbonyl (C=O) groups is 1. The van der Waals surface area contributed by atoms with E-state index < -0.39 is 0 Å². The van der Waals surface area contributed by atoms with E-state index in [1.807, 2.05) is 42.5 Å². The van der Waals surface area contributed by atoms with E-state index in [-0.39, 0.29) is 25.7 Å². The van der Waals surface area contributed by atoms with Crippen molar-refractivity contribution < 1.29 is 9.53 Å². The second-order valence-corrected chi connectivity index (χ2v) is 7.20. The molecule has 0 unspecified atom stereocenters. The van der Waals surface area contributed by atoms with Crippen molar-refractivity contribution in [3.8, 4) is 5.88 Å². The average molecular weight is 435 g/mol. The van der Waals surface area contributed by atoms with E-state index >= 15 is 0 Å². The molecule has 1 aromatic carbocycles. The molecule has 3 heterocycles. The molecule has 0 amide bonds. The van der Waals surface area contributed by atoms with E-state index in [4.69, 9.17) is 22.1 Å². The fourth-order valence-corrected chi connectivity index (χ4v) is 3.34.